The van der Waals surface area contributed by atoms with Crippen molar-refractivity contribution in [1.29, 1.82) is 0 Å². The van der Waals surface area contributed by atoms with Crippen LogP contribution < -0.4 is 19.6 Å². The summed E-state index contributed by atoms with van der Waals surface area (Å²) < 4.78 is 0. The van der Waals surface area contributed by atoms with Gasteiger partial charge in [0.25, 0.3) is 0 Å². The van der Waals surface area contributed by atoms with Crippen molar-refractivity contribution in [1.82, 2.24) is 9.97 Å². The van der Waals surface area contributed by atoms with Crippen LogP contribution in [0.1, 0.15) is 20.3 Å². The summed E-state index contributed by atoms with van der Waals surface area (Å²) in [4.78, 5) is 19.2. The molecule has 1 fully saturated rings. The SMILES string of the molecule is CB1C(N2c3ncccc3N(C)[C@H]2C)CC1N1c2ncccc2N(C)[C@@H]1C. The molecule has 3 aliphatic heterocycles. The summed E-state index contributed by atoms with van der Waals surface area (Å²) in [6.07, 6.45) is 5.65. The fourth-order valence-corrected chi connectivity index (χ4v) is 5.19. The Morgan fingerprint density at radius 1 is 0.852 bits per heavy atom. The Morgan fingerprint density at radius 2 is 1.30 bits per heavy atom. The van der Waals surface area contributed by atoms with Gasteiger partial charge in [-0.2, -0.15) is 0 Å². The van der Waals surface area contributed by atoms with Gasteiger partial charge < -0.3 is 19.6 Å². The molecule has 2 unspecified atom stereocenters. The molecule has 0 saturated carbocycles. The third kappa shape index (κ3) is 2.14. The van der Waals surface area contributed by atoms with Gasteiger partial charge in [0.15, 0.2) is 18.3 Å². The van der Waals surface area contributed by atoms with E-state index in [0.717, 1.165) is 18.1 Å². The number of hydrogen-bond donors (Lipinski definition) is 0. The largest absolute Gasteiger partial charge is 0.352 e. The van der Waals surface area contributed by atoms with Gasteiger partial charge in [-0.05, 0) is 44.5 Å². The van der Waals surface area contributed by atoms with Crippen molar-refractivity contribution in [2.75, 3.05) is 33.7 Å². The highest BCUT2D eigenvalue weighted by Gasteiger charge is 2.53. The van der Waals surface area contributed by atoms with Crippen LogP contribution in [0.3, 0.4) is 0 Å². The standard InChI is InChI=1S/C20H27BN6/c1-13-24(4)15-8-6-10-22-19(15)26(13)17-12-18(21(17)3)27-14(2)25(5)16-9-7-11-23-20(16)27/h6-11,13-14,17-18H,12H2,1-5H3/t13-,14+,17?,18?. The second-order valence-corrected chi connectivity index (χ2v) is 8.22. The molecule has 140 valence electrons. The fraction of sp³-hybridized carbons (Fsp3) is 0.500. The van der Waals surface area contributed by atoms with Crippen LogP contribution in [0.4, 0.5) is 23.0 Å². The van der Waals surface area contributed by atoms with Crippen molar-refractivity contribution < 1.29 is 0 Å². The predicted octanol–water partition coefficient (Wildman–Crippen LogP) is 2.73. The van der Waals surface area contributed by atoms with Gasteiger partial charge in [0.2, 0.25) is 0 Å². The number of pyridine rings is 2. The maximum Gasteiger partial charge on any atom is 0.191 e. The zero-order valence-corrected chi connectivity index (χ0v) is 16.7. The topological polar surface area (TPSA) is 38.7 Å². The molecule has 5 heterocycles. The molecule has 27 heavy (non-hydrogen) atoms. The van der Waals surface area contributed by atoms with Gasteiger partial charge in [-0.1, -0.05) is 6.82 Å². The number of fused-ring (bicyclic) bond motifs is 2. The van der Waals surface area contributed by atoms with Crippen LogP contribution in [-0.4, -0.2) is 55.0 Å². The van der Waals surface area contributed by atoms with Crippen molar-refractivity contribution >= 4 is 29.7 Å². The molecule has 1 saturated heterocycles. The summed E-state index contributed by atoms with van der Waals surface area (Å²) in [5, 5.41) is 0. The first-order valence-corrected chi connectivity index (χ1v) is 9.93. The van der Waals surface area contributed by atoms with Gasteiger partial charge in [-0.3, -0.25) is 0 Å². The first kappa shape index (κ1) is 16.7. The molecule has 0 aromatic carbocycles. The lowest BCUT2D eigenvalue weighted by Gasteiger charge is -2.52. The lowest BCUT2D eigenvalue weighted by molar-refractivity contribution is 0.485. The van der Waals surface area contributed by atoms with Crippen LogP contribution in [0, 0.1) is 0 Å². The third-order valence-corrected chi connectivity index (χ3v) is 7.12. The van der Waals surface area contributed by atoms with Crippen LogP contribution in [-0.2, 0) is 0 Å². The Kier molecular flexibility index (Phi) is 3.58. The number of rotatable bonds is 2. The molecule has 0 amide bonds. The van der Waals surface area contributed by atoms with Crippen LogP contribution in [0.25, 0.3) is 0 Å². The second kappa shape index (κ2) is 5.78. The highest BCUT2D eigenvalue weighted by Crippen LogP contribution is 2.46. The van der Waals surface area contributed by atoms with E-state index in [0.29, 0.717) is 30.9 Å². The Balaban J connectivity index is 1.42. The molecule has 2 aromatic rings. The normalized spacial score (nSPS) is 29.1. The van der Waals surface area contributed by atoms with Crippen molar-refractivity contribution in [3.63, 3.8) is 0 Å². The van der Waals surface area contributed by atoms with Crippen LogP contribution >= 0.6 is 0 Å². The molecule has 0 aliphatic carbocycles. The Morgan fingerprint density at radius 3 is 1.70 bits per heavy atom. The molecular formula is C20H27BN6. The van der Waals surface area contributed by atoms with Gasteiger partial charge in [0.05, 0.1) is 23.7 Å². The van der Waals surface area contributed by atoms with Crippen molar-refractivity contribution in [2.45, 2.75) is 51.3 Å². The van der Waals surface area contributed by atoms with Gasteiger partial charge in [-0.25, -0.2) is 9.97 Å². The molecule has 0 radical (unpaired) electrons. The average molecular weight is 362 g/mol. The smallest absolute Gasteiger partial charge is 0.191 e. The van der Waals surface area contributed by atoms with E-state index in [2.05, 4.69) is 66.5 Å². The molecular weight excluding hydrogens is 335 g/mol. The molecule has 4 atom stereocenters. The lowest BCUT2D eigenvalue weighted by Crippen LogP contribution is -2.70. The molecule has 0 spiro atoms. The summed E-state index contributed by atoms with van der Waals surface area (Å²) in [7, 11) is 4.34. The Bertz CT molecular complexity index is 806. The lowest BCUT2D eigenvalue weighted by atomic mass is 9.29. The van der Waals surface area contributed by atoms with E-state index in [4.69, 9.17) is 9.97 Å². The van der Waals surface area contributed by atoms with Gasteiger partial charge in [0, 0.05) is 38.4 Å². The minimum atomic E-state index is 0.340. The first-order chi connectivity index (χ1) is 13.0. The maximum atomic E-state index is 4.71. The molecule has 2 aromatic heterocycles. The van der Waals surface area contributed by atoms with Gasteiger partial charge in [-0.15, -0.1) is 0 Å². The molecule has 0 N–H and O–H groups in total. The van der Waals surface area contributed by atoms with E-state index < -0.39 is 0 Å². The first-order valence-electron chi connectivity index (χ1n) is 9.93. The third-order valence-electron chi connectivity index (χ3n) is 7.12. The molecule has 5 rings (SSSR count). The number of anilines is 4. The average Bonchev–Trinajstić information content (AvgIpc) is 3.08. The Labute approximate surface area is 161 Å². The van der Waals surface area contributed by atoms with Gasteiger partial charge >= 0.3 is 0 Å². The highest BCUT2D eigenvalue weighted by atomic mass is 15.5. The van der Waals surface area contributed by atoms with E-state index in [9.17, 15) is 0 Å². The molecule has 0 bridgehead atoms. The maximum absolute atomic E-state index is 4.71. The van der Waals surface area contributed by atoms with Crippen LogP contribution in [0.2, 0.25) is 6.82 Å². The zero-order chi connectivity index (χ0) is 18.9. The van der Waals surface area contributed by atoms with Crippen LogP contribution in [0.5, 0.6) is 0 Å². The Hall–Kier alpha value is -2.44. The predicted molar refractivity (Wildman–Crippen MR) is 113 cm³/mol. The van der Waals surface area contributed by atoms with Gasteiger partial charge in [0.1, 0.15) is 0 Å². The van der Waals surface area contributed by atoms with E-state index in [1.165, 1.54) is 11.4 Å². The molecule has 3 aliphatic rings. The van der Waals surface area contributed by atoms with E-state index >= 15 is 0 Å². The second-order valence-electron chi connectivity index (χ2n) is 8.22. The summed E-state index contributed by atoms with van der Waals surface area (Å²) in [6.45, 7) is 7.51. The van der Waals surface area contributed by atoms with Crippen molar-refractivity contribution in [3.05, 3.63) is 36.7 Å². The van der Waals surface area contributed by atoms with E-state index in [1.807, 2.05) is 24.5 Å². The highest BCUT2D eigenvalue weighted by molar-refractivity contribution is 6.65. The fourth-order valence-electron chi connectivity index (χ4n) is 5.19. The molecule has 7 heteroatoms. The minimum absolute atomic E-state index is 0.340. The summed E-state index contributed by atoms with van der Waals surface area (Å²) in [5.41, 5.74) is 2.48. The number of hydrogen-bond acceptors (Lipinski definition) is 6. The number of nitrogens with zero attached hydrogens (tertiary/aromatic N) is 6. The summed E-state index contributed by atoms with van der Waals surface area (Å²) in [5.74, 6) is 3.28. The summed E-state index contributed by atoms with van der Waals surface area (Å²) >= 11 is 0. The zero-order valence-electron chi connectivity index (χ0n) is 16.7. The van der Waals surface area contributed by atoms with Crippen molar-refractivity contribution in [3.8, 4) is 0 Å². The van der Waals surface area contributed by atoms with E-state index in [1.54, 1.807) is 0 Å². The van der Waals surface area contributed by atoms with Crippen LogP contribution in [0.15, 0.2) is 36.7 Å². The monoisotopic (exact) mass is 362 g/mol. The minimum Gasteiger partial charge on any atom is -0.352 e. The molecule has 6 nitrogen and oxygen atoms in total. The quantitative estimate of drug-likeness (QED) is 0.765. The number of aromatic nitrogens is 2. The van der Waals surface area contributed by atoms with E-state index in [-0.39, 0.29) is 0 Å². The summed E-state index contributed by atoms with van der Waals surface area (Å²) in [6, 6.07) is 8.42. The van der Waals surface area contributed by atoms with Crippen molar-refractivity contribution in [2.24, 2.45) is 0 Å².